The van der Waals surface area contributed by atoms with Gasteiger partial charge in [-0.3, -0.25) is 0 Å². The van der Waals surface area contributed by atoms with Crippen LogP contribution >= 0.6 is 23.3 Å². The summed E-state index contributed by atoms with van der Waals surface area (Å²) >= 11 is 3.44. The number of rotatable bonds is 10. The van der Waals surface area contributed by atoms with Gasteiger partial charge in [0, 0.05) is 18.7 Å². The molecule has 0 saturated heterocycles. The summed E-state index contributed by atoms with van der Waals surface area (Å²) in [5.74, 6) is 0.0537. The van der Waals surface area contributed by atoms with E-state index in [9.17, 15) is 4.79 Å². The highest BCUT2D eigenvalue weighted by atomic mass is 32.2. The molecule has 3 rings (SSSR count). The lowest BCUT2D eigenvalue weighted by atomic mass is 10.0. The van der Waals surface area contributed by atoms with Crippen molar-refractivity contribution in [2.24, 2.45) is 5.92 Å². The van der Waals surface area contributed by atoms with E-state index in [0.717, 1.165) is 29.4 Å². The molecule has 1 atom stereocenters. The normalized spacial score (nSPS) is 13.0. The van der Waals surface area contributed by atoms with Crippen LogP contribution in [0.25, 0.3) is 10.2 Å². The van der Waals surface area contributed by atoms with E-state index in [-0.39, 0.29) is 11.9 Å². The van der Waals surface area contributed by atoms with Gasteiger partial charge in [-0.1, -0.05) is 55.5 Å². The highest BCUT2D eigenvalue weighted by Gasteiger charge is 2.14. The average Bonchev–Trinajstić information content (AvgIpc) is 3.15. The van der Waals surface area contributed by atoms with Crippen LogP contribution in [0.4, 0.5) is 0 Å². The Morgan fingerprint density at radius 1 is 1.20 bits per heavy atom. The predicted molar refractivity (Wildman–Crippen MR) is 127 cm³/mol. The molecule has 0 amide bonds. The summed E-state index contributed by atoms with van der Waals surface area (Å²) in [5.41, 5.74) is 3.00. The smallest absolute Gasteiger partial charge is 0.333 e. The van der Waals surface area contributed by atoms with Gasteiger partial charge < -0.3 is 4.74 Å². The molecule has 30 heavy (non-hydrogen) atoms. The zero-order chi connectivity index (χ0) is 21.3. The highest BCUT2D eigenvalue weighted by molar-refractivity contribution is 7.98. The fourth-order valence-corrected chi connectivity index (χ4v) is 5.32. The fourth-order valence-electron chi connectivity index (χ4n) is 3.12. The summed E-state index contributed by atoms with van der Waals surface area (Å²) in [6, 6.07) is 18.7. The zero-order valence-corrected chi connectivity index (χ0v) is 19.3. The Balaban J connectivity index is 1.67. The number of benzene rings is 2. The number of esters is 1. The van der Waals surface area contributed by atoms with Crippen molar-refractivity contribution in [3.05, 3.63) is 71.8 Å². The van der Waals surface area contributed by atoms with E-state index in [2.05, 4.69) is 53.7 Å². The molecule has 1 aromatic heterocycles. The Morgan fingerprint density at radius 2 is 1.93 bits per heavy atom. The molecule has 4 nitrogen and oxygen atoms in total. The minimum absolute atomic E-state index is 0.227. The molecular formula is C24H28N2O2S2. The lowest BCUT2D eigenvalue weighted by Crippen LogP contribution is -2.18. The van der Waals surface area contributed by atoms with E-state index in [1.807, 2.05) is 32.1 Å². The molecule has 0 unspecified atom stereocenters. The molecule has 0 fully saturated rings. The van der Waals surface area contributed by atoms with E-state index in [0.29, 0.717) is 12.2 Å². The number of fused-ring (bicyclic) bond motifs is 1. The molecule has 2 aromatic carbocycles. The molecule has 0 spiro atoms. The molecule has 3 aromatic rings. The third-order valence-electron chi connectivity index (χ3n) is 4.65. The van der Waals surface area contributed by atoms with Crippen molar-refractivity contribution < 1.29 is 9.53 Å². The minimum atomic E-state index is -0.227. The first-order chi connectivity index (χ1) is 14.5. The third-order valence-corrected chi connectivity index (χ3v) is 6.77. The molecule has 0 aliphatic rings. The van der Waals surface area contributed by atoms with Crippen LogP contribution in [-0.2, 0) is 16.1 Å². The lowest BCUT2D eigenvalue weighted by molar-refractivity contribution is -0.138. The summed E-state index contributed by atoms with van der Waals surface area (Å²) < 4.78 is 9.71. The van der Waals surface area contributed by atoms with Crippen LogP contribution in [0, 0.1) is 5.92 Å². The maximum atomic E-state index is 11.9. The van der Waals surface area contributed by atoms with Gasteiger partial charge in [-0.2, -0.15) is 0 Å². The lowest BCUT2D eigenvalue weighted by Gasteiger charge is -2.21. The van der Waals surface area contributed by atoms with Crippen molar-refractivity contribution >= 4 is 39.5 Å². The number of thiazole rings is 1. The minimum Gasteiger partial charge on any atom is -0.463 e. The van der Waals surface area contributed by atoms with Crippen LogP contribution in [0.15, 0.2) is 70.6 Å². The van der Waals surface area contributed by atoms with Crippen LogP contribution in [0.1, 0.15) is 32.8 Å². The molecular weight excluding hydrogens is 412 g/mol. The number of para-hydroxylation sites is 1. The molecule has 0 aliphatic carbocycles. The number of hydrogen-bond acceptors (Lipinski definition) is 6. The monoisotopic (exact) mass is 440 g/mol. The second kappa shape index (κ2) is 11.3. The molecule has 1 heterocycles. The zero-order valence-electron chi connectivity index (χ0n) is 17.7. The average molecular weight is 441 g/mol. The van der Waals surface area contributed by atoms with Crippen molar-refractivity contribution in [3.63, 3.8) is 0 Å². The van der Waals surface area contributed by atoms with Crippen molar-refractivity contribution in [1.29, 1.82) is 0 Å². The quantitative estimate of drug-likeness (QED) is 0.209. The van der Waals surface area contributed by atoms with Gasteiger partial charge in [0.2, 0.25) is 0 Å². The summed E-state index contributed by atoms with van der Waals surface area (Å²) in [7, 11) is 0. The number of allylic oxidation sites excluding steroid dienone is 1. The van der Waals surface area contributed by atoms with Crippen LogP contribution in [-0.4, -0.2) is 28.4 Å². The maximum absolute atomic E-state index is 11.9. The molecule has 0 saturated carbocycles. The first-order valence-electron chi connectivity index (χ1n) is 10.2. The first-order valence-corrected chi connectivity index (χ1v) is 11.8. The third kappa shape index (κ3) is 6.69. The molecule has 158 valence electrons. The number of ether oxygens (including phenoxy) is 1. The van der Waals surface area contributed by atoms with Gasteiger partial charge in [0.25, 0.3) is 0 Å². The second-order valence-corrected chi connectivity index (χ2v) is 9.60. The maximum Gasteiger partial charge on any atom is 0.333 e. The van der Waals surface area contributed by atoms with E-state index in [1.54, 1.807) is 23.3 Å². The number of carbonyl (C=O) groups is 1. The van der Waals surface area contributed by atoms with Gasteiger partial charge in [-0.25, -0.2) is 14.1 Å². The van der Waals surface area contributed by atoms with E-state index >= 15 is 0 Å². The van der Waals surface area contributed by atoms with Crippen molar-refractivity contribution in [2.75, 3.05) is 13.2 Å². The van der Waals surface area contributed by atoms with Crippen molar-refractivity contribution in [1.82, 2.24) is 9.29 Å². The Kier molecular flexibility index (Phi) is 8.49. The summed E-state index contributed by atoms with van der Waals surface area (Å²) in [6.07, 6.45) is 2.96. The Bertz CT molecular complexity index is 952. The summed E-state index contributed by atoms with van der Waals surface area (Å²) in [4.78, 5) is 16.7. The van der Waals surface area contributed by atoms with Crippen LogP contribution in [0.5, 0.6) is 0 Å². The van der Waals surface area contributed by atoms with Crippen LogP contribution < -0.4 is 0 Å². The molecule has 0 radical (unpaired) electrons. The van der Waals surface area contributed by atoms with Crippen LogP contribution in [0.3, 0.4) is 0 Å². The van der Waals surface area contributed by atoms with E-state index < -0.39 is 0 Å². The molecule has 6 heteroatoms. The van der Waals surface area contributed by atoms with E-state index in [1.165, 1.54) is 10.3 Å². The van der Waals surface area contributed by atoms with Gasteiger partial charge in [0.1, 0.15) is 0 Å². The first kappa shape index (κ1) is 22.5. The molecule has 0 bridgehead atoms. The SMILES string of the molecule is CCOC(=O)/C(C)=C/[C@@H](C)CCN(Cc1ccccc1)Sc1nc2ccccc2s1. The van der Waals surface area contributed by atoms with Gasteiger partial charge in [0.15, 0.2) is 4.34 Å². The van der Waals surface area contributed by atoms with Crippen molar-refractivity contribution in [3.8, 4) is 0 Å². The Hall–Kier alpha value is -2.15. The number of aromatic nitrogens is 1. The Morgan fingerprint density at radius 3 is 2.67 bits per heavy atom. The molecule has 0 N–H and O–H groups in total. The number of hydrogen-bond donors (Lipinski definition) is 0. The summed E-state index contributed by atoms with van der Waals surface area (Å²) in [5, 5.41) is 0. The van der Waals surface area contributed by atoms with E-state index in [4.69, 9.17) is 9.72 Å². The van der Waals surface area contributed by atoms with Gasteiger partial charge in [-0.15, -0.1) is 11.3 Å². The fraction of sp³-hybridized carbons (Fsp3) is 0.333. The number of nitrogens with zero attached hydrogens (tertiary/aromatic N) is 2. The standard InChI is InChI=1S/C24H28N2O2S2/c1-4-28-23(27)19(3)16-18(2)14-15-26(17-20-10-6-5-7-11-20)30-24-25-21-12-8-9-13-22(21)29-24/h5-13,16,18H,4,14-15,17H2,1-3H3/b19-16+/t18-/m0/s1. The van der Waals surface area contributed by atoms with Gasteiger partial charge >= 0.3 is 5.97 Å². The highest BCUT2D eigenvalue weighted by Crippen LogP contribution is 2.32. The largest absolute Gasteiger partial charge is 0.463 e. The van der Waals surface area contributed by atoms with Crippen LogP contribution in [0.2, 0.25) is 0 Å². The van der Waals surface area contributed by atoms with Gasteiger partial charge in [0.05, 0.1) is 16.8 Å². The molecule has 0 aliphatic heterocycles. The Labute approximate surface area is 187 Å². The second-order valence-electron chi connectivity index (χ2n) is 7.22. The number of carbonyl (C=O) groups excluding carboxylic acids is 1. The topological polar surface area (TPSA) is 42.4 Å². The van der Waals surface area contributed by atoms with Gasteiger partial charge in [-0.05, 0) is 55.8 Å². The predicted octanol–water partition coefficient (Wildman–Crippen LogP) is 6.34. The van der Waals surface area contributed by atoms with Crippen molar-refractivity contribution in [2.45, 2.75) is 38.1 Å². The summed E-state index contributed by atoms with van der Waals surface area (Å²) in [6.45, 7) is 7.94.